The summed E-state index contributed by atoms with van der Waals surface area (Å²) < 4.78 is 14.8. The number of rotatable bonds is 3. The van der Waals surface area contributed by atoms with Gasteiger partial charge in [0.05, 0.1) is 16.6 Å². The standard InChI is InChI=1S/C15H12FN3O2/c16-12-3-1-10(2-4-12)9-19-6-5-13-14(19)7-11(8-17-13)15(20)18-21/h1-8,21H,9H2,(H,18,20). The molecule has 0 saturated heterocycles. The third-order valence-electron chi connectivity index (χ3n) is 3.25. The Kier molecular flexibility index (Phi) is 3.37. The Hall–Kier alpha value is -2.73. The number of benzene rings is 1. The van der Waals surface area contributed by atoms with Crippen LogP contribution in [0.1, 0.15) is 15.9 Å². The molecule has 0 radical (unpaired) electrons. The van der Waals surface area contributed by atoms with E-state index in [9.17, 15) is 9.18 Å². The van der Waals surface area contributed by atoms with Crippen molar-refractivity contribution >= 4 is 16.9 Å². The van der Waals surface area contributed by atoms with E-state index in [4.69, 9.17) is 5.21 Å². The van der Waals surface area contributed by atoms with Gasteiger partial charge in [0.15, 0.2) is 0 Å². The SMILES string of the molecule is O=C(NO)c1cnc2ccn(Cc3ccc(F)cc3)c2c1. The van der Waals surface area contributed by atoms with Crippen LogP contribution in [0.25, 0.3) is 11.0 Å². The fourth-order valence-corrected chi connectivity index (χ4v) is 2.18. The van der Waals surface area contributed by atoms with Crippen molar-refractivity contribution in [2.24, 2.45) is 0 Å². The maximum absolute atomic E-state index is 12.9. The maximum Gasteiger partial charge on any atom is 0.276 e. The summed E-state index contributed by atoms with van der Waals surface area (Å²) in [6.07, 6.45) is 3.25. The zero-order chi connectivity index (χ0) is 14.8. The molecule has 1 aromatic carbocycles. The van der Waals surface area contributed by atoms with Crippen molar-refractivity contribution in [3.8, 4) is 0 Å². The number of amides is 1. The van der Waals surface area contributed by atoms with Crippen LogP contribution in [0.3, 0.4) is 0 Å². The van der Waals surface area contributed by atoms with Crippen molar-refractivity contribution in [2.45, 2.75) is 6.54 Å². The largest absolute Gasteiger partial charge is 0.342 e. The number of hydroxylamine groups is 1. The molecule has 3 aromatic rings. The Balaban J connectivity index is 1.98. The van der Waals surface area contributed by atoms with Crippen molar-refractivity contribution in [1.29, 1.82) is 0 Å². The first-order chi connectivity index (χ1) is 10.2. The van der Waals surface area contributed by atoms with Crippen molar-refractivity contribution < 1.29 is 14.4 Å². The molecule has 6 heteroatoms. The second kappa shape index (κ2) is 5.34. The van der Waals surface area contributed by atoms with Crippen LogP contribution in [-0.2, 0) is 6.54 Å². The molecule has 21 heavy (non-hydrogen) atoms. The molecule has 2 N–H and O–H groups in total. The molecule has 0 aliphatic rings. The number of pyridine rings is 1. The monoisotopic (exact) mass is 285 g/mol. The number of aromatic nitrogens is 2. The van der Waals surface area contributed by atoms with Gasteiger partial charge in [0.2, 0.25) is 0 Å². The van der Waals surface area contributed by atoms with E-state index in [-0.39, 0.29) is 11.4 Å². The van der Waals surface area contributed by atoms with E-state index in [0.717, 1.165) is 16.6 Å². The molecule has 0 bridgehead atoms. The predicted octanol–water partition coefficient (Wildman–Crippen LogP) is 2.34. The third-order valence-corrected chi connectivity index (χ3v) is 3.25. The lowest BCUT2D eigenvalue weighted by molar-refractivity contribution is 0.0706. The van der Waals surface area contributed by atoms with Crippen LogP contribution >= 0.6 is 0 Å². The van der Waals surface area contributed by atoms with Crippen LogP contribution in [0.15, 0.2) is 48.8 Å². The highest BCUT2D eigenvalue weighted by Crippen LogP contribution is 2.17. The van der Waals surface area contributed by atoms with Gasteiger partial charge in [-0.1, -0.05) is 12.1 Å². The Morgan fingerprint density at radius 3 is 2.76 bits per heavy atom. The fraction of sp³-hybridized carbons (Fsp3) is 0.0667. The average molecular weight is 285 g/mol. The van der Waals surface area contributed by atoms with Crippen LogP contribution in [0.4, 0.5) is 4.39 Å². The van der Waals surface area contributed by atoms with Gasteiger partial charge in [0.25, 0.3) is 5.91 Å². The third kappa shape index (κ3) is 2.61. The number of hydrogen-bond acceptors (Lipinski definition) is 3. The van der Waals surface area contributed by atoms with E-state index >= 15 is 0 Å². The molecule has 0 atom stereocenters. The van der Waals surface area contributed by atoms with Crippen LogP contribution < -0.4 is 5.48 Å². The summed E-state index contributed by atoms with van der Waals surface area (Å²) >= 11 is 0. The molecule has 2 heterocycles. The Morgan fingerprint density at radius 1 is 1.29 bits per heavy atom. The van der Waals surface area contributed by atoms with Gasteiger partial charge in [-0.15, -0.1) is 0 Å². The zero-order valence-corrected chi connectivity index (χ0v) is 11.0. The first-order valence-electron chi connectivity index (χ1n) is 6.31. The molecule has 0 aliphatic carbocycles. The topological polar surface area (TPSA) is 67.2 Å². The van der Waals surface area contributed by atoms with Crippen molar-refractivity contribution in [1.82, 2.24) is 15.0 Å². The number of nitrogens with zero attached hydrogens (tertiary/aromatic N) is 2. The lowest BCUT2D eigenvalue weighted by Crippen LogP contribution is -2.18. The lowest BCUT2D eigenvalue weighted by atomic mass is 10.2. The van der Waals surface area contributed by atoms with E-state index in [1.807, 2.05) is 16.8 Å². The number of carbonyl (C=O) groups excluding carboxylic acids is 1. The summed E-state index contributed by atoms with van der Waals surface area (Å²) in [6.45, 7) is 0.537. The van der Waals surface area contributed by atoms with E-state index < -0.39 is 5.91 Å². The fourth-order valence-electron chi connectivity index (χ4n) is 2.18. The second-order valence-electron chi connectivity index (χ2n) is 4.64. The highest BCUT2D eigenvalue weighted by Gasteiger charge is 2.09. The van der Waals surface area contributed by atoms with Crippen LogP contribution in [0.2, 0.25) is 0 Å². The van der Waals surface area contributed by atoms with Gasteiger partial charge >= 0.3 is 0 Å². The lowest BCUT2D eigenvalue weighted by Gasteiger charge is -2.06. The maximum atomic E-state index is 12.9. The molecule has 0 saturated carbocycles. The van der Waals surface area contributed by atoms with Crippen molar-refractivity contribution in [3.63, 3.8) is 0 Å². The first-order valence-corrected chi connectivity index (χ1v) is 6.31. The number of hydrogen-bond donors (Lipinski definition) is 2. The number of carbonyl (C=O) groups is 1. The Labute approximate surface area is 119 Å². The minimum atomic E-state index is -0.612. The highest BCUT2D eigenvalue weighted by atomic mass is 19.1. The second-order valence-corrected chi connectivity index (χ2v) is 4.64. The molecule has 3 rings (SSSR count). The summed E-state index contributed by atoms with van der Waals surface area (Å²) in [5.41, 5.74) is 4.29. The molecule has 5 nitrogen and oxygen atoms in total. The molecular formula is C15H12FN3O2. The van der Waals surface area contributed by atoms with E-state index in [0.29, 0.717) is 6.54 Å². The zero-order valence-electron chi connectivity index (χ0n) is 11.0. The van der Waals surface area contributed by atoms with Gasteiger partial charge in [-0.25, -0.2) is 9.87 Å². The number of nitrogens with one attached hydrogen (secondary N) is 1. The van der Waals surface area contributed by atoms with Gasteiger partial charge in [-0.3, -0.25) is 15.0 Å². The normalized spacial score (nSPS) is 10.8. The summed E-state index contributed by atoms with van der Waals surface area (Å²) in [6, 6.07) is 9.71. The van der Waals surface area contributed by atoms with Gasteiger partial charge in [-0.2, -0.15) is 0 Å². The summed E-state index contributed by atoms with van der Waals surface area (Å²) in [7, 11) is 0. The summed E-state index contributed by atoms with van der Waals surface area (Å²) in [5.74, 6) is -0.890. The average Bonchev–Trinajstić information content (AvgIpc) is 2.91. The summed E-state index contributed by atoms with van der Waals surface area (Å²) in [4.78, 5) is 15.6. The minimum Gasteiger partial charge on any atom is -0.342 e. The quantitative estimate of drug-likeness (QED) is 0.573. The molecule has 0 aliphatic heterocycles. The summed E-state index contributed by atoms with van der Waals surface area (Å²) in [5, 5.41) is 8.67. The van der Waals surface area contributed by atoms with E-state index in [2.05, 4.69) is 4.98 Å². The van der Waals surface area contributed by atoms with Crippen LogP contribution in [0.5, 0.6) is 0 Å². The Morgan fingerprint density at radius 2 is 2.05 bits per heavy atom. The minimum absolute atomic E-state index is 0.268. The highest BCUT2D eigenvalue weighted by molar-refractivity contribution is 5.96. The number of halogens is 1. The molecular weight excluding hydrogens is 273 g/mol. The number of fused-ring (bicyclic) bond motifs is 1. The van der Waals surface area contributed by atoms with Gasteiger partial charge in [0, 0.05) is 18.9 Å². The first kappa shape index (κ1) is 13.3. The van der Waals surface area contributed by atoms with Crippen molar-refractivity contribution in [2.75, 3.05) is 0 Å². The van der Waals surface area contributed by atoms with Crippen LogP contribution in [-0.4, -0.2) is 20.7 Å². The molecule has 0 fully saturated rings. The molecule has 106 valence electrons. The predicted molar refractivity (Wildman–Crippen MR) is 74.5 cm³/mol. The van der Waals surface area contributed by atoms with E-state index in [1.165, 1.54) is 18.3 Å². The smallest absolute Gasteiger partial charge is 0.276 e. The molecule has 1 amide bonds. The molecule has 0 unspecified atom stereocenters. The van der Waals surface area contributed by atoms with Gasteiger partial charge in [-0.05, 0) is 29.8 Å². The molecule has 2 aromatic heterocycles. The van der Waals surface area contributed by atoms with Gasteiger partial charge < -0.3 is 4.57 Å². The van der Waals surface area contributed by atoms with Gasteiger partial charge in [0.1, 0.15) is 5.82 Å². The van der Waals surface area contributed by atoms with Crippen molar-refractivity contribution in [3.05, 3.63) is 65.7 Å². The van der Waals surface area contributed by atoms with E-state index in [1.54, 1.807) is 23.7 Å². The Bertz CT molecular complexity index is 796. The van der Waals surface area contributed by atoms with Crippen LogP contribution in [0, 0.1) is 5.82 Å². The molecule has 0 spiro atoms.